The molecule has 2 unspecified atom stereocenters. The van der Waals surface area contributed by atoms with E-state index in [1.165, 1.54) is 18.9 Å². The number of para-hydroxylation sites is 1. The third-order valence-corrected chi connectivity index (χ3v) is 4.60. The van der Waals surface area contributed by atoms with Crippen LogP contribution in [0.15, 0.2) is 18.2 Å². The number of rotatable bonds is 4. The second kappa shape index (κ2) is 5.52. The second-order valence-corrected chi connectivity index (χ2v) is 5.60. The molecule has 1 aromatic rings. The Morgan fingerprint density at radius 2 is 2.28 bits per heavy atom. The van der Waals surface area contributed by atoms with Crippen LogP contribution in [0.5, 0.6) is 0 Å². The molecule has 4 nitrogen and oxygen atoms in total. The molecule has 18 heavy (non-hydrogen) atoms. The summed E-state index contributed by atoms with van der Waals surface area (Å²) in [5.41, 5.74) is 7.13. The third-order valence-electron chi connectivity index (χ3n) is 3.43. The first-order chi connectivity index (χ1) is 8.63. The Kier molecular flexibility index (Phi) is 4.01. The van der Waals surface area contributed by atoms with Gasteiger partial charge in [0.15, 0.2) is 0 Å². The molecule has 98 valence electrons. The van der Waals surface area contributed by atoms with E-state index in [0.717, 1.165) is 12.1 Å². The Morgan fingerprint density at radius 1 is 1.50 bits per heavy atom. The lowest BCUT2D eigenvalue weighted by molar-refractivity contribution is 0.0698. The van der Waals surface area contributed by atoms with Crippen LogP contribution < -0.4 is 11.1 Å². The summed E-state index contributed by atoms with van der Waals surface area (Å²) in [5.74, 6) is -0.982. The van der Waals surface area contributed by atoms with Gasteiger partial charge in [-0.2, -0.15) is 11.8 Å². The normalized spacial score (nSPS) is 22.9. The molecule has 2 atom stereocenters. The maximum atomic E-state index is 11.0. The van der Waals surface area contributed by atoms with Gasteiger partial charge < -0.3 is 16.2 Å². The molecule has 5 heteroatoms. The Hall–Kier alpha value is -1.36. The molecule has 1 aliphatic carbocycles. The zero-order chi connectivity index (χ0) is 13.1. The van der Waals surface area contributed by atoms with Crippen LogP contribution in [0.25, 0.3) is 0 Å². The van der Waals surface area contributed by atoms with Crippen LogP contribution in [-0.2, 0) is 0 Å². The van der Waals surface area contributed by atoms with E-state index in [4.69, 9.17) is 10.8 Å². The summed E-state index contributed by atoms with van der Waals surface area (Å²) in [6.45, 7) is 0. The van der Waals surface area contributed by atoms with Crippen LogP contribution in [0.2, 0.25) is 0 Å². The predicted octanol–water partition coefficient (Wildman–Crippen LogP) is 2.66. The molecular weight excluding hydrogens is 248 g/mol. The first-order valence-electron chi connectivity index (χ1n) is 6.04. The highest BCUT2D eigenvalue weighted by atomic mass is 32.2. The highest BCUT2D eigenvalue weighted by molar-refractivity contribution is 7.99. The average molecular weight is 266 g/mol. The quantitative estimate of drug-likeness (QED) is 0.730. The summed E-state index contributed by atoms with van der Waals surface area (Å²) in [6.07, 6.45) is 5.64. The zero-order valence-corrected chi connectivity index (χ0v) is 11.2. The molecule has 0 radical (unpaired) electrons. The lowest BCUT2D eigenvalue weighted by Gasteiger charge is -2.21. The lowest BCUT2D eigenvalue weighted by atomic mass is 10.1. The summed E-state index contributed by atoms with van der Waals surface area (Å²) in [5, 5.41) is 13.0. The van der Waals surface area contributed by atoms with Gasteiger partial charge in [0.2, 0.25) is 0 Å². The first kappa shape index (κ1) is 13.1. The number of nitrogens with one attached hydrogen (secondary N) is 1. The second-order valence-electron chi connectivity index (χ2n) is 4.53. The van der Waals surface area contributed by atoms with Gasteiger partial charge in [-0.3, -0.25) is 0 Å². The minimum Gasteiger partial charge on any atom is -0.478 e. The van der Waals surface area contributed by atoms with E-state index in [2.05, 4.69) is 11.6 Å². The number of thioether (sulfide) groups is 1. The maximum Gasteiger partial charge on any atom is 0.337 e. The summed E-state index contributed by atoms with van der Waals surface area (Å²) in [6, 6.07) is 5.48. The zero-order valence-electron chi connectivity index (χ0n) is 10.3. The molecule has 0 aliphatic heterocycles. The molecule has 0 bridgehead atoms. The Morgan fingerprint density at radius 3 is 2.94 bits per heavy atom. The van der Waals surface area contributed by atoms with Gasteiger partial charge in [-0.05, 0) is 31.2 Å². The maximum absolute atomic E-state index is 11.0. The number of hydrogen-bond acceptors (Lipinski definition) is 4. The number of nitrogens with two attached hydrogens (primary N) is 1. The average Bonchev–Trinajstić information content (AvgIpc) is 2.78. The molecule has 1 aromatic carbocycles. The number of carboxylic acid groups (broad SMARTS) is 1. The van der Waals surface area contributed by atoms with Crippen LogP contribution in [0, 0.1) is 0 Å². The van der Waals surface area contributed by atoms with Crippen LogP contribution in [0.4, 0.5) is 11.4 Å². The molecule has 2 rings (SSSR count). The monoisotopic (exact) mass is 266 g/mol. The van der Waals surface area contributed by atoms with Crippen LogP contribution in [0.3, 0.4) is 0 Å². The van der Waals surface area contributed by atoms with Crippen molar-refractivity contribution in [2.45, 2.75) is 30.6 Å². The van der Waals surface area contributed by atoms with Crippen molar-refractivity contribution in [3.63, 3.8) is 0 Å². The largest absolute Gasteiger partial charge is 0.478 e. The molecule has 0 heterocycles. The summed E-state index contributed by atoms with van der Waals surface area (Å²) in [4.78, 5) is 11.0. The van der Waals surface area contributed by atoms with E-state index < -0.39 is 5.97 Å². The van der Waals surface area contributed by atoms with Crippen molar-refractivity contribution in [2.75, 3.05) is 17.3 Å². The van der Waals surface area contributed by atoms with Crippen LogP contribution in [0.1, 0.15) is 29.6 Å². The van der Waals surface area contributed by atoms with E-state index in [0.29, 0.717) is 17.0 Å². The minimum absolute atomic E-state index is 0.165. The van der Waals surface area contributed by atoms with Crippen molar-refractivity contribution in [1.82, 2.24) is 0 Å². The van der Waals surface area contributed by atoms with E-state index in [1.54, 1.807) is 6.07 Å². The van der Waals surface area contributed by atoms with Gasteiger partial charge in [-0.15, -0.1) is 0 Å². The van der Waals surface area contributed by atoms with Crippen molar-refractivity contribution in [3.8, 4) is 0 Å². The Bertz CT molecular complexity index is 451. The van der Waals surface area contributed by atoms with Crippen molar-refractivity contribution in [1.29, 1.82) is 0 Å². The number of carbonyl (C=O) groups is 1. The fourth-order valence-electron chi connectivity index (χ4n) is 2.45. The summed E-state index contributed by atoms with van der Waals surface area (Å²) < 4.78 is 0. The van der Waals surface area contributed by atoms with Crippen molar-refractivity contribution >= 4 is 29.1 Å². The number of carboxylic acids is 1. The number of hydrogen-bond donors (Lipinski definition) is 3. The van der Waals surface area contributed by atoms with Crippen LogP contribution in [-0.4, -0.2) is 28.6 Å². The topological polar surface area (TPSA) is 75.3 Å². The number of nitrogen functional groups attached to an aromatic ring is 1. The summed E-state index contributed by atoms with van der Waals surface area (Å²) >= 11 is 1.86. The van der Waals surface area contributed by atoms with E-state index in [1.807, 2.05) is 17.8 Å². The highest BCUT2D eigenvalue weighted by Gasteiger charge is 2.27. The smallest absolute Gasteiger partial charge is 0.337 e. The van der Waals surface area contributed by atoms with Gasteiger partial charge in [0.1, 0.15) is 0 Å². The summed E-state index contributed by atoms with van der Waals surface area (Å²) in [7, 11) is 0. The van der Waals surface area contributed by atoms with Gasteiger partial charge in [-0.25, -0.2) is 4.79 Å². The predicted molar refractivity (Wildman–Crippen MR) is 76.4 cm³/mol. The fraction of sp³-hybridized carbons (Fsp3) is 0.462. The molecule has 0 spiro atoms. The molecule has 1 aliphatic rings. The molecule has 1 saturated carbocycles. The van der Waals surface area contributed by atoms with Gasteiger partial charge in [0, 0.05) is 11.3 Å². The van der Waals surface area contributed by atoms with Gasteiger partial charge >= 0.3 is 5.97 Å². The Labute approximate surface area is 111 Å². The third kappa shape index (κ3) is 2.56. The highest BCUT2D eigenvalue weighted by Crippen LogP contribution is 2.33. The van der Waals surface area contributed by atoms with Crippen LogP contribution >= 0.6 is 11.8 Å². The molecule has 4 N–H and O–H groups in total. The van der Waals surface area contributed by atoms with Gasteiger partial charge in [-0.1, -0.05) is 12.5 Å². The van der Waals surface area contributed by atoms with E-state index in [9.17, 15) is 4.79 Å². The minimum atomic E-state index is -0.982. The van der Waals surface area contributed by atoms with E-state index >= 15 is 0 Å². The van der Waals surface area contributed by atoms with Crippen molar-refractivity contribution in [2.24, 2.45) is 0 Å². The molecule has 0 saturated heterocycles. The number of benzene rings is 1. The molecular formula is C13H18N2O2S. The SMILES string of the molecule is CSC1CCCC1Nc1cccc(C(=O)O)c1N. The molecule has 1 fully saturated rings. The fourth-order valence-corrected chi connectivity index (χ4v) is 3.39. The van der Waals surface area contributed by atoms with Crippen molar-refractivity contribution in [3.05, 3.63) is 23.8 Å². The van der Waals surface area contributed by atoms with Gasteiger partial charge in [0.05, 0.1) is 16.9 Å². The first-order valence-corrected chi connectivity index (χ1v) is 7.33. The standard InChI is InChI=1S/C13H18N2O2S/c1-18-11-7-3-5-9(11)15-10-6-2-4-8(12(10)14)13(16)17/h2,4,6,9,11,15H,3,5,7,14H2,1H3,(H,16,17). The van der Waals surface area contributed by atoms with E-state index in [-0.39, 0.29) is 5.56 Å². The lowest BCUT2D eigenvalue weighted by Crippen LogP contribution is -2.26. The molecule has 0 aromatic heterocycles. The number of aromatic carboxylic acids is 1. The van der Waals surface area contributed by atoms with Gasteiger partial charge in [0.25, 0.3) is 0 Å². The van der Waals surface area contributed by atoms with Crippen molar-refractivity contribution < 1.29 is 9.90 Å². The number of anilines is 2. The molecule has 0 amide bonds. The Balaban J connectivity index is 2.19.